The summed E-state index contributed by atoms with van der Waals surface area (Å²) >= 11 is 0. The Balaban J connectivity index is 1.58. The van der Waals surface area contributed by atoms with Gasteiger partial charge in [0.1, 0.15) is 11.6 Å². The minimum Gasteiger partial charge on any atom is -0.326 e. The van der Waals surface area contributed by atoms with Crippen LogP contribution in [-0.2, 0) is 4.79 Å². The van der Waals surface area contributed by atoms with E-state index in [-0.39, 0.29) is 29.7 Å². The zero-order chi connectivity index (χ0) is 23.5. The summed E-state index contributed by atoms with van der Waals surface area (Å²) in [6, 6.07) is 21.3. The van der Waals surface area contributed by atoms with Crippen LogP contribution < -0.4 is 10.6 Å². The van der Waals surface area contributed by atoms with Crippen LogP contribution in [-0.4, -0.2) is 18.5 Å². The van der Waals surface area contributed by atoms with Crippen LogP contribution in [0, 0.1) is 23.5 Å². The van der Waals surface area contributed by atoms with Gasteiger partial charge < -0.3 is 10.6 Å². The highest BCUT2D eigenvalue weighted by Gasteiger charge is 2.46. The minimum atomic E-state index is -0.616. The van der Waals surface area contributed by atoms with Crippen molar-refractivity contribution >= 4 is 11.6 Å². The first-order valence-electron chi connectivity index (χ1n) is 11.6. The molecule has 0 aromatic heterocycles. The number of rotatable bonds is 8. The molecule has 2 N–H and O–H groups in total. The summed E-state index contributed by atoms with van der Waals surface area (Å²) in [5.74, 6) is -1.49. The molecule has 5 heteroatoms. The average molecular weight is 449 g/mol. The smallest absolute Gasteiger partial charge is 0.230 e. The Morgan fingerprint density at radius 3 is 2.21 bits per heavy atom. The molecule has 3 nitrogen and oxygen atoms in total. The first kappa shape index (κ1) is 23.1. The van der Waals surface area contributed by atoms with Gasteiger partial charge in [-0.2, -0.15) is 0 Å². The van der Waals surface area contributed by atoms with Crippen molar-refractivity contribution in [1.82, 2.24) is 0 Å². The van der Waals surface area contributed by atoms with Crippen molar-refractivity contribution in [3.8, 4) is 11.1 Å². The van der Waals surface area contributed by atoms with E-state index in [1.165, 1.54) is 12.1 Å². The van der Waals surface area contributed by atoms with Crippen LogP contribution in [0.15, 0.2) is 72.8 Å². The summed E-state index contributed by atoms with van der Waals surface area (Å²) in [5.41, 5.74) is 9.94. The highest BCUT2D eigenvalue weighted by atomic mass is 19.1. The second-order valence-corrected chi connectivity index (χ2v) is 9.06. The van der Waals surface area contributed by atoms with Gasteiger partial charge in [0.25, 0.3) is 0 Å². The molecule has 1 aliphatic carbocycles. The second-order valence-electron chi connectivity index (χ2n) is 9.06. The van der Waals surface area contributed by atoms with Gasteiger partial charge in [-0.1, -0.05) is 62.7 Å². The third-order valence-corrected chi connectivity index (χ3v) is 6.74. The van der Waals surface area contributed by atoms with Gasteiger partial charge in [-0.25, -0.2) is 8.78 Å². The number of hydrogen-bond acceptors (Lipinski definition) is 2. The molecule has 3 aromatic carbocycles. The van der Waals surface area contributed by atoms with E-state index in [1.807, 2.05) is 54.6 Å². The van der Waals surface area contributed by atoms with E-state index >= 15 is 0 Å². The van der Waals surface area contributed by atoms with Crippen molar-refractivity contribution in [2.24, 2.45) is 17.6 Å². The molecule has 0 bridgehead atoms. The van der Waals surface area contributed by atoms with Crippen molar-refractivity contribution in [3.05, 3.63) is 90.0 Å². The molecular formula is C28H30F2N2O. The third-order valence-electron chi connectivity index (χ3n) is 6.74. The number of hydrogen-bond donors (Lipinski definition) is 1. The lowest BCUT2D eigenvalue weighted by Gasteiger charge is -2.29. The van der Waals surface area contributed by atoms with E-state index in [4.69, 9.17) is 5.73 Å². The molecule has 1 saturated carbocycles. The molecule has 3 aromatic rings. The zero-order valence-electron chi connectivity index (χ0n) is 19.0. The van der Waals surface area contributed by atoms with Crippen LogP contribution in [0.5, 0.6) is 0 Å². The van der Waals surface area contributed by atoms with Gasteiger partial charge in [-0.05, 0) is 59.2 Å². The molecule has 172 valence electrons. The average Bonchev–Trinajstić information content (AvgIpc) is 3.63. The maximum absolute atomic E-state index is 13.7. The topological polar surface area (TPSA) is 46.3 Å². The number of halogens is 2. The molecule has 1 amide bonds. The molecule has 0 unspecified atom stereocenters. The van der Waals surface area contributed by atoms with Gasteiger partial charge in [0.2, 0.25) is 5.91 Å². The Morgan fingerprint density at radius 1 is 1.00 bits per heavy atom. The molecule has 1 fully saturated rings. The molecule has 0 aliphatic heterocycles. The van der Waals surface area contributed by atoms with Gasteiger partial charge >= 0.3 is 0 Å². The monoisotopic (exact) mass is 448 g/mol. The van der Waals surface area contributed by atoms with E-state index in [9.17, 15) is 13.6 Å². The van der Waals surface area contributed by atoms with E-state index < -0.39 is 11.6 Å². The van der Waals surface area contributed by atoms with Crippen LogP contribution in [0.25, 0.3) is 11.1 Å². The maximum atomic E-state index is 13.7. The molecular weight excluding hydrogens is 418 g/mol. The number of benzene rings is 3. The molecule has 0 saturated heterocycles. The number of amides is 1. The molecule has 4 atom stereocenters. The van der Waals surface area contributed by atoms with Gasteiger partial charge in [0.05, 0.1) is 0 Å². The molecule has 33 heavy (non-hydrogen) atoms. The first-order chi connectivity index (χ1) is 15.9. The fraction of sp³-hybridized carbons (Fsp3) is 0.321. The number of carbonyl (C=O) groups excluding carboxylic acids is 1. The van der Waals surface area contributed by atoms with E-state index in [0.29, 0.717) is 18.5 Å². The van der Waals surface area contributed by atoms with Crippen LogP contribution >= 0.6 is 0 Å². The van der Waals surface area contributed by atoms with Gasteiger partial charge in [-0.3, -0.25) is 4.79 Å². The molecule has 0 radical (unpaired) electrons. The second kappa shape index (κ2) is 9.84. The quantitative estimate of drug-likeness (QED) is 0.450. The van der Waals surface area contributed by atoms with Crippen molar-refractivity contribution in [2.75, 3.05) is 11.4 Å². The lowest BCUT2D eigenvalue weighted by atomic mass is 9.98. The summed E-state index contributed by atoms with van der Waals surface area (Å²) in [4.78, 5) is 15.3. The first-order valence-corrected chi connectivity index (χ1v) is 11.6. The molecule has 0 heterocycles. The Bertz CT molecular complexity index is 1080. The number of anilines is 1. The van der Waals surface area contributed by atoms with Crippen molar-refractivity contribution < 1.29 is 13.6 Å². The summed E-state index contributed by atoms with van der Waals surface area (Å²) in [7, 11) is 0. The van der Waals surface area contributed by atoms with Crippen molar-refractivity contribution in [1.29, 1.82) is 0 Å². The van der Waals surface area contributed by atoms with Crippen LogP contribution in [0.3, 0.4) is 0 Å². The number of carbonyl (C=O) groups is 1. The van der Waals surface area contributed by atoms with Gasteiger partial charge in [0.15, 0.2) is 0 Å². The molecule has 0 spiro atoms. The van der Waals surface area contributed by atoms with Crippen molar-refractivity contribution in [2.45, 2.75) is 38.6 Å². The van der Waals surface area contributed by atoms with Gasteiger partial charge in [-0.15, -0.1) is 0 Å². The largest absolute Gasteiger partial charge is 0.326 e. The summed E-state index contributed by atoms with van der Waals surface area (Å²) in [5, 5.41) is 0. The van der Waals surface area contributed by atoms with E-state index in [1.54, 1.807) is 4.90 Å². The SMILES string of the molecule is CC[C@H](C)[C@H](N)CN(C(=O)[C@@H]1C[C@H]1c1cc(F)cc(F)c1)c1ccc(-c2ccccc2)cc1. The highest BCUT2D eigenvalue weighted by molar-refractivity contribution is 5.97. The lowest BCUT2D eigenvalue weighted by Crippen LogP contribution is -2.45. The summed E-state index contributed by atoms with van der Waals surface area (Å²) in [6.45, 7) is 4.57. The summed E-state index contributed by atoms with van der Waals surface area (Å²) in [6.07, 6.45) is 1.50. The van der Waals surface area contributed by atoms with Gasteiger partial charge in [0, 0.05) is 30.3 Å². The molecule has 1 aliphatic rings. The summed E-state index contributed by atoms with van der Waals surface area (Å²) < 4.78 is 27.4. The van der Waals surface area contributed by atoms with E-state index in [2.05, 4.69) is 13.8 Å². The minimum absolute atomic E-state index is 0.0455. The van der Waals surface area contributed by atoms with Crippen LogP contribution in [0.2, 0.25) is 0 Å². The van der Waals surface area contributed by atoms with Crippen molar-refractivity contribution in [3.63, 3.8) is 0 Å². The maximum Gasteiger partial charge on any atom is 0.230 e. The van der Waals surface area contributed by atoms with Crippen LogP contribution in [0.1, 0.15) is 38.2 Å². The standard InChI is InChI=1S/C28H30F2N2O/c1-3-18(2)27(31)17-32(24-11-9-20(10-12-24)19-7-5-4-6-8-19)28(33)26-16-25(26)21-13-22(29)15-23(30)14-21/h4-15,18,25-27H,3,16-17,31H2,1-2H3/t18-,25-,26+,27+/m0/s1. The third kappa shape index (κ3) is 5.31. The lowest BCUT2D eigenvalue weighted by molar-refractivity contribution is -0.120. The Labute approximate surface area is 194 Å². The predicted molar refractivity (Wildman–Crippen MR) is 129 cm³/mol. The normalized spacial score (nSPS) is 19.1. The molecule has 4 rings (SSSR count). The zero-order valence-corrected chi connectivity index (χ0v) is 19.0. The number of nitrogens with zero attached hydrogens (tertiary/aromatic N) is 1. The highest BCUT2D eigenvalue weighted by Crippen LogP contribution is 2.49. The Hall–Kier alpha value is -3.05. The fourth-order valence-electron chi connectivity index (χ4n) is 4.31. The Kier molecular flexibility index (Phi) is 6.89. The fourth-order valence-corrected chi connectivity index (χ4v) is 4.31. The Morgan fingerprint density at radius 2 is 1.61 bits per heavy atom. The predicted octanol–water partition coefficient (Wildman–Crippen LogP) is 6.14. The van der Waals surface area contributed by atoms with E-state index in [0.717, 1.165) is 29.3 Å². The van der Waals surface area contributed by atoms with Crippen LogP contribution in [0.4, 0.5) is 14.5 Å². The number of nitrogens with two attached hydrogens (primary N) is 1.